The zero-order valence-corrected chi connectivity index (χ0v) is 17.5. The van der Waals surface area contributed by atoms with Crippen LogP contribution in [0.5, 0.6) is 0 Å². The van der Waals surface area contributed by atoms with E-state index in [0.29, 0.717) is 33.9 Å². The Morgan fingerprint density at radius 1 is 1.29 bits per heavy atom. The fourth-order valence-corrected chi connectivity index (χ4v) is 3.98. The normalized spacial score (nSPS) is 13.3. The molecule has 1 aromatic heterocycles. The van der Waals surface area contributed by atoms with Crippen molar-refractivity contribution >= 4 is 52.1 Å². The molecule has 0 aliphatic carbocycles. The first-order valence-electron chi connectivity index (χ1n) is 8.55. The van der Waals surface area contributed by atoms with Crippen molar-refractivity contribution < 1.29 is 9.59 Å². The molecule has 2 amide bonds. The van der Waals surface area contributed by atoms with E-state index in [1.807, 2.05) is 11.6 Å². The second-order valence-corrected chi connectivity index (χ2v) is 8.31. The number of aliphatic imine (C=N–C) groups is 1. The Morgan fingerprint density at radius 2 is 2.07 bits per heavy atom. The predicted molar refractivity (Wildman–Crippen MR) is 112 cm³/mol. The first-order chi connectivity index (χ1) is 13.5. The van der Waals surface area contributed by atoms with Crippen molar-refractivity contribution in [3.05, 3.63) is 40.7 Å². The number of rotatable bonds is 7. The molecule has 2 aromatic rings. The third-order valence-electron chi connectivity index (χ3n) is 3.83. The van der Waals surface area contributed by atoms with Crippen LogP contribution in [0.25, 0.3) is 0 Å². The molecule has 2 N–H and O–H groups in total. The summed E-state index contributed by atoms with van der Waals surface area (Å²) in [4.78, 5) is 28.2. The van der Waals surface area contributed by atoms with E-state index in [2.05, 4.69) is 25.8 Å². The number of benzene rings is 1. The van der Waals surface area contributed by atoms with Crippen molar-refractivity contribution in [3.8, 4) is 0 Å². The van der Waals surface area contributed by atoms with Gasteiger partial charge < -0.3 is 15.2 Å². The largest absolute Gasteiger partial charge is 0.352 e. The number of nitrogens with zero attached hydrogens (tertiary/aromatic N) is 4. The van der Waals surface area contributed by atoms with Gasteiger partial charge in [0.25, 0.3) is 5.91 Å². The van der Waals surface area contributed by atoms with Gasteiger partial charge in [-0.1, -0.05) is 35.1 Å². The summed E-state index contributed by atoms with van der Waals surface area (Å²) >= 11 is 8.68. The molecule has 0 saturated heterocycles. The lowest BCUT2D eigenvalue weighted by Crippen LogP contribution is -2.29. The predicted octanol–water partition coefficient (Wildman–Crippen LogP) is 1.75. The number of amides is 2. The summed E-state index contributed by atoms with van der Waals surface area (Å²) in [5.41, 5.74) is 0.551. The average molecular weight is 439 g/mol. The van der Waals surface area contributed by atoms with E-state index >= 15 is 0 Å². The van der Waals surface area contributed by atoms with Crippen molar-refractivity contribution in [1.82, 2.24) is 25.4 Å². The Morgan fingerprint density at radius 3 is 2.79 bits per heavy atom. The SMILES string of the molecule is Cn1c(CCNC(=O)c2ccc(Cl)cc2)nnc1SCC(=O)NC1=NCCS1. The summed E-state index contributed by atoms with van der Waals surface area (Å²) in [6.45, 7) is 1.17. The van der Waals surface area contributed by atoms with Crippen LogP contribution in [0, 0.1) is 0 Å². The minimum absolute atomic E-state index is 0.113. The number of aromatic nitrogens is 3. The van der Waals surface area contributed by atoms with Gasteiger partial charge in [-0.05, 0) is 24.3 Å². The van der Waals surface area contributed by atoms with Crippen molar-refractivity contribution in [2.75, 3.05) is 24.6 Å². The van der Waals surface area contributed by atoms with Gasteiger partial charge in [-0.3, -0.25) is 14.6 Å². The van der Waals surface area contributed by atoms with Crippen LogP contribution in [-0.2, 0) is 18.3 Å². The molecule has 28 heavy (non-hydrogen) atoms. The van der Waals surface area contributed by atoms with E-state index in [1.165, 1.54) is 11.8 Å². The van der Waals surface area contributed by atoms with Gasteiger partial charge in [-0.15, -0.1) is 10.2 Å². The standard InChI is InChI=1S/C17H19ClN6O2S2/c1-24-13(6-7-19-15(26)11-2-4-12(18)5-3-11)22-23-17(24)28-10-14(25)21-16-20-8-9-27-16/h2-5H,6-10H2,1H3,(H,19,26)(H,20,21,25). The van der Waals surface area contributed by atoms with E-state index in [1.54, 1.807) is 36.0 Å². The Bertz CT molecular complexity index is 884. The number of carbonyl (C=O) groups is 2. The third-order valence-corrected chi connectivity index (χ3v) is 5.99. The number of thioether (sulfide) groups is 2. The zero-order chi connectivity index (χ0) is 19.9. The highest BCUT2D eigenvalue weighted by atomic mass is 35.5. The van der Waals surface area contributed by atoms with Crippen LogP contribution in [0.1, 0.15) is 16.2 Å². The Balaban J connectivity index is 1.44. The number of hydrogen-bond donors (Lipinski definition) is 2. The zero-order valence-electron chi connectivity index (χ0n) is 15.1. The first-order valence-corrected chi connectivity index (χ1v) is 10.9. The second kappa shape index (κ2) is 9.94. The summed E-state index contributed by atoms with van der Waals surface area (Å²) in [6.07, 6.45) is 0.531. The molecule has 1 aliphatic rings. The third kappa shape index (κ3) is 5.73. The lowest BCUT2D eigenvalue weighted by atomic mass is 10.2. The molecule has 0 unspecified atom stereocenters. The van der Waals surface area contributed by atoms with Gasteiger partial charge >= 0.3 is 0 Å². The summed E-state index contributed by atoms with van der Waals surface area (Å²) < 4.78 is 1.83. The Labute approximate surface area is 175 Å². The van der Waals surface area contributed by atoms with Crippen molar-refractivity contribution in [3.63, 3.8) is 0 Å². The van der Waals surface area contributed by atoms with Crippen LogP contribution in [0.2, 0.25) is 5.02 Å². The molecule has 0 saturated carbocycles. The van der Waals surface area contributed by atoms with E-state index in [0.717, 1.165) is 18.1 Å². The molecule has 0 fully saturated rings. The maximum Gasteiger partial charge on any atom is 0.251 e. The highest BCUT2D eigenvalue weighted by molar-refractivity contribution is 8.14. The van der Waals surface area contributed by atoms with Crippen LogP contribution in [0.3, 0.4) is 0 Å². The Kier molecular flexibility index (Phi) is 7.35. The van der Waals surface area contributed by atoms with E-state index < -0.39 is 0 Å². The Hall–Kier alpha value is -2.04. The van der Waals surface area contributed by atoms with Gasteiger partial charge in [0, 0.05) is 36.4 Å². The van der Waals surface area contributed by atoms with Gasteiger partial charge in [0.1, 0.15) is 5.82 Å². The molecule has 3 rings (SSSR count). The number of nitrogens with one attached hydrogen (secondary N) is 2. The minimum atomic E-state index is -0.169. The molecular weight excluding hydrogens is 420 g/mol. The van der Waals surface area contributed by atoms with Gasteiger partial charge in [-0.25, -0.2) is 0 Å². The van der Waals surface area contributed by atoms with Gasteiger partial charge in [0.2, 0.25) is 5.91 Å². The smallest absolute Gasteiger partial charge is 0.251 e. The van der Waals surface area contributed by atoms with E-state index in [4.69, 9.17) is 11.6 Å². The first kappa shape index (κ1) is 20.7. The highest BCUT2D eigenvalue weighted by Gasteiger charge is 2.14. The maximum atomic E-state index is 12.1. The van der Waals surface area contributed by atoms with Crippen LogP contribution in [-0.4, -0.2) is 56.3 Å². The molecule has 0 radical (unpaired) electrons. The number of hydrogen-bond acceptors (Lipinski definition) is 7. The lowest BCUT2D eigenvalue weighted by molar-refractivity contribution is -0.117. The molecule has 1 aliphatic heterocycles. The van der Waals surface area contributed by atoms with Crippen molar-refractivity contribution in [1.29, 1.82) is 0 Å². The molecule has 0 atom stereocenters. The minimum Gasteiger partial charge on any atom is -0.352 e. The number of halogens is 1. The molecular formula is C17H19ClN6O2S2. The fraction of sp³-hybridized carbons (Fsp3) is 0.353. The molecule has 8 nitrogen and oxygen atoms in total. The quantitative estimate of drug-likeness (QED) is 0.638. The molecule has 148 valence electrons. The molecule has 2 heterocycles. The number of carbonyl (C=O) groups excluding carboxylic acids is 2. The summed E-state index contributed by atoms with van der Waals surface area (Å²) in [7, 11) is 1.84. The molecule has 1 aromatic carbocycles. The topological polar surface area (TPSA) is 101 Å². The van der Waals surface area contributed by atoms with Gasteiger partial charge in [-0.2, -0.15) is 0 Å². The summed E-state index contributed by atoms with van der Waals surface area (Å²) in [5.74, 6) is 1.59. The van der Waals surface area contributed by atoms with Crippen molar-refractivity contribution in [2.24, 2.45) is 12.0 Å². The second-order valence-electron chi connectivity index (χ2n) is 5.84. The van der Waals surface area contributed by atoms with E-state index in [-0.39, 0.29) is 17.6 Å². The fourth-order valence-electron chi connectivity index (χ4n) is 2.38. The lowest BCUT2D eigenvalue weighted by Gasteiger charge is -2.06. The monoisotopic (exact) mass is 438 g/mol. The summed E-state index contributed by atoms with van der Waals surface area (Å²) in [5, 5.41) is 15.8. The van der Waals surface area contributed by atoms with Crippen LogP contribution in [0.15, 0.2) is 34.4 Å². The average Bonchev–Trinajstić information content (AvgIpc) is 3.31. The maximum absolute atomic E-state index is 12.1. The highest BCUT2D eigenvalue weighted by Crippen LogP contribution is 2.16. The summed E-state index contributed by atoms with van der Waals surface area (Å²) in [6, 6.07) is 6.71. The van der Waals surface area contributed by atoms with Crippen molar-refractivity contribution in [2.45, 2.75) is 11.6 Å². The number of amidine groups is 1. The molecule has 0 spiro atoms. The van der Waals surface area contributed by atoms with Crippen LogP contribution < -0.4 is 10.6 Å². The van der Waals surface area contributed by atoms with Crippen LogP contribution >= 0.6 is 35.1 Å². The van der Waals surface area contributed by atoms with Crippen LogP contribution in [0.4, 0.5) is 0 Å². The molecule has 0 bridgehead atoms. The van der Waals surface area contributed by atoms with Gasteiger partial charge in [0.05, 0.1) is 12.3 Å². The molecule has 11 heteroatoms. The van der Waals surface area contributed by atoms with Gasteiger partial charge in [0.15, 0.2) is 10.3 Å². The van der Waals surface area contributed by atoms with E-state index in [9.17, 15) is 9.59 Å².